The van der Waals surface area contributed by atoms with Crippen LogP contribution in [0.2, 0.25) is 0 Å². The van der Waals surface area contributed by atoms with E-state index in [0.29, 0.717) is 6.04 Å². The molecule has 4 nitrogen and oxygen atoms in total. The van der Waals surface area contributed by atoms with E-state index in [1.807, 2.05) is 0 Å². The summed E-state index contributed by atoms with van der Waals surface area (Å²) in [6.07, 6.45) is 5.02. The van der Waals surface area contributed by atoms with Crippen molar-refractivity contribution in [2.45, 2.75) is 57.7 Å². The zero-order valence-corrected chi connectivity index (χ0v) is 12.4. The van der Waals surface area contributed by atoms with E-state index in [-0.39, 0.29) is 6.04 Å². The number of hydrogen-bond donors (Lipinski definition) is 1. The zero-order valence-electron chi connectivity index (χ0n) is 12.4. The van der Waals surface area contributed by atoms with Crippen molar-refractivity contribution in [3.63, 3.8) is 0 Å². The van der Waals surface area contributed by atoms with Crippen molar-refractivity contribution in [2.24, 2.45) is 0 Å². The van der Waals surface area contributed by atoms with Gasteiger partial charge in [0.2, 0.25) is 0 Å². The summed E-state index contributed by atoms with van der Waals surface area (Å²) in [5, 5.41) is 12.5. The first kappa shape index (κ1) is 14.8. The van der Waals surface area contributed by atoms with Crippen LogP contribution in [0.1, 0.15) is 39.5 Å². The molecule has 2 atom stereocenters. The number of nitrogens with one attached hydrogen (secondary N) is 1. The molecule has 2 fully saturated rings. The highest BCUT2D eigenvalue weighted by Crippen LogP contribution is 2.20. The molecule has 0 aromatic rings. The van der Waals surface area contributed by atoms with Gasteiger partial charge < -0.3 is 4.90 Å². The Balaban J connectivity index is 1.68. The van der Waals surface area contributed by atoms with Crippen LogP contribution in [0.3, 0.4) is 0 Å². The van der Waals surface area contributed by atoms with E-state index in [0.717, 1.165) is 19.0 Å². The molecule has 4 heteroatoms. The molecule has 0 spiro atoms. The molecule has 2 heterocycles. The molecular formula is C15H28N4. The van der Waals surface area contributed by atoms with Gasteiger partial charge in [-0.15, -0.1) is 0 Å². The minimum atomic E-state index is 0.00540. The summed E-state index contributed by atoms with van der Waals surface area (Å²) in [4.78, 5) is 5.20. The molecule has 2 saturated heterocycles. The van der Waals surface area contributed by atoms with Crippen molar-refractivity contribution in [1.29, 1.82) is 5.26 Å². The molecule has 0 aromatic carbocycles. The van der Waals surface area contributed by atoms with Crippen molar-refractivity contribution in [3.8, 4) is 6.07 Å². The summed E-state index contributed by atoms with van der Waals surface area (Å²) in [6.45, 7) is 10.3. The molecule has 19 heavy (non-hydrogen) atoms. The first-order valence-corrected chi connectivity index (χ1v) is 7.81. The van der Waals surface area contributed by atoms with Crippen LogP contribution in [0.15, 0.2) is 0 Å². The van der Waals surface area contributed by atoms with Gasteiger partial charge in [0.25, 0.3) is 0 Å². The van der Waals surface area contributed by atoms with Gasteiger partial charge in [-0.2, -0.15) is 5.26 Å². The maximum Gasteiger partial charge on any atom is 0.0967 e. The fraction of sp³-hybridized carbons (Fsp3) is 0.933. The first-order valence-electron chi connectivity index (χ1n) is 7.81. The van der Waals surface area contributed by atoms with Gasteiger partial charge in [0.05, 0.1) is 12.1 Å². The normalized spacial score (nSPS) is 26.9. The molecular weight excluding hydrogens is 236 g/mol. The van der Waals surface area contributed by atoms with Crippen LogP contribution >= 0.6 is 0 Å². The van der Waals surface area contributed by atoms with Gasteiger partial charge in [-0.05, 0) is 59.2 Å². The Hall–Kier alpha value is -0.630. The molecule has 0 bridgehead atoms. The van der Waals surface area contributed by atoms with E-state index in [1.54, 1.807) is 0 Å². The lowest BCUT2D eigenvalue weighted by molar-refractivity contribution is 0.229. The molecule has 108 valence electrons. The molecule has 0 aliphatic carbocycles. The maximum absolute atomic E-state index is 9.13. The quantitative estimate of drug-likeness (QED) is 0.788. The van der Waals surface area contributed by atoms with E-state index in [2.05, 4.69) is 35.0 Å². The van der Waals surface area contributed by atoms with Gasteiger partial charge >= 0.3 is 0 Å². The third-order valence-electron chi connectivity index (χ3n) is 4.33. The van der Waals surface area contributed by atoms with Crippen LogP contribution in [-0.4, -0.2) is 60.6 Å². The summed E-state index contributed by atoms with van der Waals surface area (Å²) in [5.41, 5.74) is 0. The fourth-order valence-corrected chi connectivity index (χ4v) is 3.32. The summed E-state index contributed by atoms with van der Waals surface area (Å²) in [6, 6.07) is 3.55. The van der Waals surface area contributed by atoms with Crippen LogP contribution in [-0.2, 0) is 0 Å². The number of likely N-dealkylation sites (tertiary alicyclic amines) is 2. The third-order valence-corrected chi connectivity index (χ3v) is 4.33. The topological polar surface area (TPSA) is 42.3 Å². The van der Waals surface area contributed by atoms with E-state index in [9.17, 15) is 0 Å². The lowest BCUT2D eigenvalue weighted by Crippen LogP contribution is -2.38. The highest BCUT2D eigenvalue weighted by molar-refractivity contribution is 4.92. The van der Waals surface area contributed by atoms with Crippen LogP contribution in [0.5, 0.6) is 0 Å². The van der Waals surface area contributed by atoms with Crippen molar-refractivity contribution in [1.82, 2.24) is 15.1 Å². The average molecular weight is 264 g/mol. The summed E-state index contributed by atoms with van der Waals surface area (Å²) >= 11 is 0. The molecule has 0 radical (unpaired) electrons. The predicted octanol–water partition coefficient (Wildman–Crippen LogP) is 1.44. The van der Waals surface area contributed by atoms with Crippen LogP contribution in [0.4, 0.5) is 0 Å². The van der Waals surface area contributed by atoms with E-state index < -0.39 is 0 Å². The second-order valence-corrected chi connectivity index (χ2v) is 6.28. The third kappa shape index (κ3) is 4.45. The fourth-order valence-electron chi connectivity index (χ4n) is 3.32. The van der Waals surface area contributed by atoms with Crippen LogP contribution in [0.25, 0.3) is 0 Å². The zero-order chi connectivity index (χ0) is 13.7. The molecule has 0 saturated carbocycles. The van der Waals surface area contributed by atoms with Gasteiger partial charge in [0, 0.05) is 25.2 Å². The number of nitrogens with zero attached hydrogens (tertiary/aromatic N) is 3. The Labute approximate surface area is 117 Å². The lowest BCUT2D eigenvalue weighted by atomic mass is 10.2. The molecule has 0 aromatic heterocycles. The van der Waals surface area contributed by atoms with Gasteiger partial charge in [0.15, 0.2) is 0 Å². The van der Waals surface area contributed by atoms with Crippen LogP contribution < -0.4 is 5.32 Å². The molecule has 2 unspecified atom stereocenters. The Kier molecular flexibility index (Phi) is 5.62. The predicted molar refractivity (Wildman–Crippen MR) is 77.9 cm³/mol. The maximum atomic E-state index is 9.13. The Morgan fingerprint density at radius 2 is 2.00 bits per heavy atom. The number of hydrogen-bond acceptors (Lipinski definition) is 4. The Morgan fingerprint density at radius 1 is 1.26 bits per heavy atom. The SMILES string of the molecule is CC(C)NC(C#N)CCN1CCC(N2CCCC2)C1. The summed E-state index contributed by atoms with van der Waals surface area (Å²) < 4.78 is 0. The molecule has 2 aliphatic heterocycles. The van der Waals surface area contributed by atoms with Gasteiger partial charge in [-0.3, -0.25) is 10.2 Å². The number of rotatable bonds is 6. The standard InChI is InChI=1S/C15H28N4/c1-13(2)17-14(11-16)5-9-18-10-6-15(12-18)19-7-3-4-8-19/h13-15,17H,3-10,12H2,1-2H3. The van der Waals surface area contributed by atoms with Crippen molar-refractivity contribution in [2.75, 3.05) is 32.7 Å². The van der Waals surface area contributed by atoms with Crippen molar-refractivity contribution in [3.05, 3.63) is 0 Å². The number of nitriles is 1. The average Bonchev–Trinajstić information content (AvgIpc) is 3.03. The second kappa shape index (κ2) is 7.23. The highest BCUT2D eigenvalue weighted by Gasteiger charge is 2.29. The largest absolute Gasteiger partial charge is 0.302 e. The second-order valence-electron chi connectivity index (χ2n) is 6.28. The monoisotopic (exact) mass is 264 g/mol. The van der Waals surface area contributed by atoms with Crippen molar-refractivity contribution < 1.29 is 0 Å². The summed E-state index contributed by atoms with van der Waals surface area (Å²) in [5.74, 6) is 0. The summed E-state index contributed by atoms with van der Waals surface area (Å²) in [7, 11) is 0. The highest BCUT2D eigenvalue weighted by atomic mass is 15.3. The van der Waals surface area contributed by atoms with Gasteiger partial charge in [-0.25, -0.2) is 0 Å². The van der Waals surface area contributed by atoms with Gasteiger partial charge in [-0.1, -0.05) is 0 Å². The first-order chi connectivity index (χ1) is 9.19. The van der Waals surface area contributed by atoms with E-state index in [1.165, 1.54) is 45.4 Å². The minimum Gasteiger partial charge on any atom is -0.302 e. The molecule has 0 amide bonds. The molecule has 1 N–H and O–H groups in total. The smallest absolute Gasteiger partial charge is 0.0967 e. The van der Waals surface area contributed by atoms with Gasteiger partial charge in [0.1, 0.15) is 0 Å². The van der Waals surface area contributed by atoms with Crippen molar-refractivity contribution >= 4 is 0 Å². The lowest BCUT2D eigenvalue weighted by Gasteiger charge is -2.24. The van der Waals surface area contributed by atoms with E-state index >= 15 is 0 Å². The minimum absolute atomic E-state index is 0.00540. The Morgan fingerprint density at radius 3 is 2.63 bits per heavy atom. The van der Waals surface area contributed by atoms with Crippen LogP contribution in [0, 0.1) is 11.3 Å². The molecule has 2 rings (SSSR count). The Bertz CT molecular complexity index is 304. The molecule has 2 aliphatic rings. The van der Waals surface area contributed by atoms with E-state index in [4.69, 9.17) is 5.26 Å².